The van der Waals surface area contributed by atoms with Gasteiger partial charge in [-0.3, -0.25) is 9.69 Å². The molecule has 3 aromatic heterocycles. The minimum Gasteiger partial charge on any atom is -0.339 e. The van der Waals surface area contributed by atoms with Crippen molar-refractivity contribution in [1.29, 1.82) is 0 Å². The predicted octanol–water partition coefficient (Wildman–Crippen LogP) is 2.31. The first kappa shape index (κ1) is 24.9. The van der Waals surface area contributed by atoms with Gasteiger partial charge < -0.3 is 15.1 Å². The lowest BCUT2D eigenvalue weighted by atomic mass is 9.93. The van der Waals surface area contributed by atoms with Crippen LogP contribution >= 0.6 is 0 Å². The minimum atomic E-state index is -0.349. The second-order valence-electron chi connectivity index (χ2n) is 10.3. The third kappa shape index (κ3) is 5.70. The summed E-state index contributed by atoms with van der Waals surface area (Å²) < 4.78 is 0. The summed E-state index contributed by atoms with van der Waals surface area (Å²) in [5.74, 6) is 2.32. The van der Waals surface area contributed by atoms with Crippen LogP contribution in [0.5, 0.6) is 0 Å². The van der Waals surface area contributed by atoms with E-state index in [0.717, 1.165) is 69.8 Å². The van der Waals surface area contributed by atoms with Crippen molar-refractivity contribution in [2.75, 3.05) is 36.4 Å². The van der Waals surface area contributed by atoms with Crippen LogP contribution in [0, 0.1) is 12.5 Å². The van der Waals surface area contributed by atoms with Gasteiger partial charge >= 0.3 is 0 Å². The van der Waals surface area contributed by atoms with E-state index in [1.807, 2.05) is 17.0 Å². The van der Waals surface area contributed by atoms with Gasteiger partial charge in [0.2, 0.25) is 12.0 Å². The van der Waals surface area contributed by atoms with Gasteiger partial charge in [-0.15, -0.1) is 10.2 Å². The van der Waals surface area contributed by atoms with Gasteiger partial charge in [0.15, 0.2) is 5.82 Å². The fourth-order valence-corrected chi connectivity index (χ4v) is 5.43. The Morgan fingerprint density at radius 3 is 2.72 bits per heavy atom. The van der Waals surface area contributed by atoms with Gasteiger partial charge in [-0.25, -0.2) is 16.7 Å². The molecule has 5 heterocycles. The minimum absolute atomic E-state index is 0.0736. The fourth-order valence-electron chi connectivity index (χ4n) is 5.43. The van der Waals surface area contributed by atoms with E-state index in [-0.39, 0.29) is 11.6 Å². The van der Waals surface area contributed by atoms with Gasteiger partial charge in [-0.1, -0.05) is 17.3 Å². The van der Waals surface area contributed by atoms with Gasteiger partial charge in [0.25, 0.3) is 5.56 Å². The molecular weight excluding hydrogens is 496 g/mol. The summed E-state index contributed by atoms with van der Waals surface area (Å²) in [5.41, 5.74) is 2.18. The highest BCUT2D eigenvalue weighted by Gasteiger charge is 2.26. The standard InChI is InChI=1S/C26H30N12O/c1-27-20-3-2-10-38(16-20)26-30-21-14-28-34-25(39)23(21)24(31-26)29-19-6-4-18(5-7-19)15-37-11-8-17(9-12-37)13-22-32-35-36-33-22/h4-7,14,17,20H,2-3,8-13,15-16H2,(H,34,39)(H,29,30,31)(H,32,33,35,36). The summed E-state index contributed by atoms with van der Waals surface area (Å²) in [6.45, 7) is 11.7. The maximum absolute atomic E-state index is 12.7. The molecule has 2 aliphatic rings. The summed E-state index contributed by atoms with van der Waals surface area (Å²) in [7, 11) is 0. The third-order valence-electron chi connectivity index (χ3n) is 7.56. The van der Waals surface area contributed by atoms with Crippen molar-refractivity contribution in [2.45, 2.75) is 44.7 Å². The van der Waals surface area contributed by atoms with Crippen molar-refractivity contribution < 1.29 is 0 Å². The predicted molar refractivity (Wildman–Crippen MR) is 145 cm³/mol. The fraction of sp³-hybridized carbons (Fsp3) is 0.462. The van der Waals surface area contributed by atoms with E-state index in [1.165, 1.54) is 11.8 Å². The normalized spacial score (nSPS) is 18.7. The zero-order chi connectivity index (χ0) is 26.6. The molecule has 1 unspecified atom stereocenters. The maximum Gasteiger partial charge on any atom is 0.277 e. The number of hydrogen-bond acceptors (Lipinski definition) is 10. The van der Waals surface area contributed by atoms with Crippen molar-refractivity contribution in [3.8, 4) is 0 Å². The molecule has 13 heteroatoms. The number of aromatic amines is 2. The summed E-state index contributed by atoms with van der Waals surface area (Å²) in [6, 6.07) is 8.16. The van der Waals surface area contributed by atoms with Gasteiger partial charge in [0.1, 0.15) is 16.7 Å². The highest BCUT2D eigenvalue weighted by atomic mass is 16.1. The van der Waals surface area contributed by atoms with Crippen LogP contribution in [0.4, 0.5) is 17.5 Å². The van der Waals surface area contributed by atoms with E-state index in [2.05, 4.69) is 63.0 Å². The number of piperidine rings is 2. The number of nitrogens with zero attached hydrogens (tertiary/aromatic N) is 9. The summed E-state index contributed by atoms with van der Waals surface area (Å²) in [6.07, 6.45) is 6.44. The first-order chi connectivity index (χ1) is 19.1. The second kappa shape index (κ2) is 11.1. The number of anilines is 3. The van der Waals surface area contributed by atoms with Crippen LogP contribution in [0.25, 0.3) is 15.7 Å². The quantitative estimate of drug-likeness (QED) is 0.306. The van der Waals surface area contributed by atoms with E-state index in [4.69, 9.17) is 11.6 Å². The van der Waals surface area contributed by atoms with Crippen LogP contribution < -0.4 is 15.8 Å². The maximum atomic E-state index is 12.7. The Morgan fingerprint density at radius 1 is 1.10 bits per heavy atom. The zero-order valence-corrected chi connectivity index (χ0v) is 21.5. The molecule has 0 saturated carbocycles. The van der Waals surface area contributed by atoms with Crippen LogP contribution in [0.15, 0.2) is 35.3 Å². The summed E-state index contributed by atoms with van der Waals surface area (Å²) in [5, 5.41) is 24.5. The highest BCUT2D eigenvalue weighted by molar-refractivity contribution is 5.90. The Labute approximate surface area is 224 Å². The third-order valence-corrected chi connectivity index (χ3v) is 7.56. The molecular formula is C26H30N12O. The van der Waals surface area contributed by atoms with E-state index >= 15 is 0 Å². The Bertz CT molecular complexity index is 1500. The Morgan fingerprint density at radius 2 is 1.95 bits per heavy atom. The molecule has 39 heavy (non-hydrogen) atoms. The van der Waals surface area contributed by atoms with Crippen LogP contribution in [-0.4, -0.2) is 77.9 Å². The van der Waals surface area contributed by atoms with Crippen LogP contribution in [0.1, 0.15) is 37.1 Å². The Hall–Kier alpha value is -4.44. The SMILES string of the molecule is [C-]#[N+]C1CCCN(c2nc(Nc3ccc(CN4CCC(Cc5nn[nH]n5)CC4)cc3)c3c(=O)[nH]ncc3n2)C1. The van der Waals surface area contributed by atoms with Gasteiger partial charge in [-0.2, -0.15) is 15.3 Å². The number of benzene rings is 1. The molecule has 0 amide bonds. The first-order valence-electron chi connectivity index (χ1n) is 13.3. The van der Waals surface area contributed by atoms with Crippen molar-refractivity contribution in [1.82, 2.24) is 45.7 Å². The van der Waals surface area contributed by atoms with Crippen molar-refractivity contribution in [3.05, 3.63) is 63.6 Å². The number of H-pyrrole nitrogens is 2. The lowest BCUT2D eigenvalue weighted by Gasteiger charge is -2.31. The van der Waals surface area contributed by atoms with Crippen LogP contribution in [0.3, 0.4) is 0 Å². The van der Waals surface area contributed by atoms with Gasteiger partial charge in [0.05, 0.1) is 12.7 Å². The number of likely N-dealkylation sites (tertiary alicyclic amines) is 1. The van der Waals surface area contributed by atoms with Crippen LogP contribution in [-0.2, 0) is 13.0 Å². The molecule has 2 saturated heterocycles. The van der Waals surface area contributed by atoms with E-state index < -0.39 is 0 Å². The zero-order valence-electron chi connectivity index (χ0n) is 21.5. The smallest absolute Gasteiger partial charge is 0.277 e. The van der Waals surface area contributed by atoms with E-state index in [0.29, 0.717) is 35.1 Å². The molecule has 1 aromatic carbocycles. The molecule has 200 valence electrons. The Balaban J connectivity index is 1.14. The molecule has 0 bridgehead atoms. The lowest BCUT2D eigenvalue weighted by Crippen LogP contribution is -2.38. The number of hydrogen-bond donors (Lipinski definition) is 3. The molecule has 0 radical (unpaired) electrons. The number of nitrogens with one attached hydrogen (secondary N) is 3. The Kier molecular flexibility index (Phi) is 7.09. The van der Waals surface area contributed by atoms with Gasteiger partial charge in [-0.05, 0) is 56.0 Å². The molecule has 6 rings (SSSR count). The van der Waals surface area contributed by atoms with Crippen LogP contribution in [0.2, 0.25) is 0 Å². The monoisotopic (exact) mass is 526 g/mol. The topological polar surface area (TPSA) is 149 Å². The number of rotatable bonds is 7. The number of aromatic nitrogens is 8. The molecule has 3 N–H and O–H groups in total. The first-order valence-corrected chi connectivity index (χ1v) is 13.3. The molecule has 2 fully saturated rings. The van der Waals surface area contributed by atoms with E-state index in [1.54, 1.807) is 0 Å². The average molecular weight is 527 g/mol. The average Bonchev–Trinajstić information content (AvgIpc) is 3.48. The molecule has 2 aliphatic heterocycles. The molecule has 0 aliphatic carbocycles. The van der Waals surface area contributed by atoms with E-state index in [9.17, 15) is 4.79 Å². The molecule has 13 nitrogen and oxygen atoms in total. The molecule has 1 atom stereocenters. The molecule has 4 aromatic rings. The van der Waals surface area contributed by atoms with Crippen molar-refractivity contribution in [3.63, 3.8) is 0 Å². The molecule has 0 spiro atoms. The van der Waals surface area contributed by atoms with Crippen molar-refractivity contribution >= 4 is 28.4 Å². The van der Waals surface area contributed by atoms with Gasteiger partial charge in [0, 0.05) is 31.6 Å². The highest BCUT2D eigenvalue weighted by Crippen LogP contribution is 2.27. The largest absolute Gasteiger partial charge is 0.339 e. The number of fused-ring (bicyclic) bond motifs is 1. The lowest BCUT2D eigenvalue weighted by molar-refractivity contribution is 0.176. The second-order valence-corrected chi connectivity index (χ2v) is 10.3. The summed E-state index contributed by atoms with van der Waals surface area (Å²) >= 11 is 0. The van der Waals surface area contributed by atoms with Crippen molar-refractivity contribution in [2.24, 2.45) is 5.92 Å². The summed E-state index contributed by atoms with van der Waals surface area (Å²) in [4.78, 5) is 30.2. The number of tetrazole rings is 1.